The quantitative estimate of drug-likeness (QED) is 0.820. The third-order valence-corrected chi connectivity index (χ3v) is 3.58. The fourth-order valence-corrected chi connectivity index (χ4v) is 2.44. The molecule has 0 aliphatic heterocycles. The number of aryl methyl sites for hydroxylation is 1. The number of aliphatic hydroxyl groups excluding tert-OH is 1. The first-order valence-corrected chi connectivity index (χ1v) is 7.20. The molecule has 1 heterocycles. The average Bonchev–Trinajstić information content (AvgIpc) is 2.75. The SMILES string of the molecule is Cn1cc(Br)c(-c2cccc(NCC(O)CCl)c2)n1. The van der Waals surface area contributed by atoms with Gasteiger partial charge in [0.2, 0.25) is 0 Å². The van der Waals surface area contributed by atoms with Crippen LogP contribution in [0.4, 0.5) is 5.69 Å². The van der Waals surface area contributed by atoms with Gasteiger partial charge >= 0.3 is 0 Å². The fraction of sp³-hybridized carbons (Fsp3) is 0.308. The molecule has 1 unspecified atom stereocenters. The number of benzene rings is 1. The van der Waals surface area contributed by atoms with Gasteiger partial charge in [0.15, 0.2) is 0 Å². The van der Waals surface area contributed by atoms with E-state index in [-0.39, 0.29) is 5.88 Å². The van der Waals surface area contributed by atoms with Crippen molar-refractivity contribution < 1.29 is 5.11 Å². The molecule has 0 radical (unpaired) electrons. The van der Waals surface area contributed by atoms with Crippen LogP contribution >= 0.6 is 27.5 Å². The molecule has 0 bridgehead atoms. The van der Waals surface area contributed by atoms with Gasteiger partial charge in [-0.15, -0.1) is 11.6 Å². The molecule has 0 fully saturated rings. The normalized spacial score (nSPS) is 12.4. The minimum atomic E-state index is -0.549. The van der Waals surface area contributed by atoms with Crippen molar-refractivity contribution in [3.63, 3.8) is 0 Å². The summed E-state index contributed by atoms with van der Waals surface area (Å²) in [6.07, 6.45) is 1.36. The summed E-state index contributed by atoms with van der Waals surface area (Å²) in [5.41, 5.74) is 2.83. The number of hydrogen-bond acceptors (Lipinski definition) is 3. The Morgan fingerprint density at radius 1 is 1.53 bits per heavy atom. The number of alkyl halides is 1. The Morgan fingerprint density at radius 2 is 2.32 bits per heavy atom. The van der Waals surface area contributed by atoms with Gasteiger partial charge in [-0.2, -0.15) is 5.10 Å². The zero-order valence-corrected chi connectivity index (χ0v) is 12.8. The maximum atomic E-state index is 9.44. The fourth-order valence-electron chi connectivity index (χ4n) is 1.72. The van der Waals surface area contributed by atoms with Crippen LogP contribution in [0.25, 0.3) is 11.3 Å². The van der Waals surface area contributed by atoms with Gasteiger partial charge in [-0.25, -0.2) is 0 Å². The number of nitrogens with zero attached hydrogens (tertiary/aromatic N) is 2. The summed E-state index contributed by atoms with van der Waals surface area (Å²) in [4.78, 5) is 0. The molecule has 4 nitrogen and oxygen atoms in total. The summed E-state index contributed by atoms with van der Waals surface area (Å²) >= 11 is 9.05. The van der Waals surface area contributed by atoms with E-state index in [4.69, 9.17) is 11.6 Å². The molecule has 6 heteroatoms. The summed E-state index contributed by atoms with van der Waals surface area (Å²) in [6, 6.07) is 7.89. The molecule has 102 valence electrons. The van der Waals surface area contributed by atoms with Crippen LogP contribution in [0.2, 0.25) is 0 Å². The van der Waals surface area contributed by atoms with E-state index in [0.29, 0.717) is 6.54 Å². The van der Waals surface area contributed by atoms with Gasteiger partial charge in [-0.3, -0.25) is 4.68 Å². The summed E-state index contributed by atoms with van der Waals surface area (Å²) < 4.78 is 2.71. The van der Waals surface area contributed by atoms with Crippen molar-refractivity contribution in [2.75, 3.05) is 17.7 Å². The van der Waals surface area contributed by atoms with E-state index in [0.717, 1.165) is 21.4 Å². The topological polar surface area (TPSA) is 50.1 Å². The molecular formula is C13H15BrClN3O. The van der Waals surface area contributed by atoms with E-state index >= 15 is 0 Å². The van der Waals surface area contributed by atoms with Crippen molar-refractivity contribution in [2.45, 2.75) is 6.10 Å². The van der Waals surface area contributed by atoms with Crippen LogP contribution in [0, 0.1) is 0 Å². The smallest absolute Gasteiger partial charge is 0.107 e. The minimum Gasteiger partial charge on any atom is -0.390 e. The maximum Gasteiger partial charge on any atom is 0.107 e. The Balaban J connectivity index is 2.17. The van der Waals surface area contributed by atoms with Crippen molar-refractivity contribution in [3.05, 3.63) is 34.9 Å². The highest BCUT2D eigenvalue weighted by Crippen LogP contribution is 2.28. The Labute approximate surface area is 125 Å². The van der Waals surface area contributed by atoms with Gasteiger partial charge in [0.05, 0.1) is 16.5 Å². The third kappa shape index (κ3) is 3.72. The molecule has 0 saturated heterocycles. The van der Waals surface area contributed by atoms with Crippen molar-refractivity contribution in [3.8, 4) is 11.3 Å². The zero-order valence-electron chi connectivity index (χ0n) is 10.5. The number of nitrogens with one attached hydrogen (secondary N) is 1. The maximum absolute atomic E-state index is 9.44. The zero-order chi connectivity index (χ0) is 13.8. The summed E-state index contributed by atoms with van der Waals surface area (Å²) in [6.45, 7) is 0.427. The van der Waals surface area contributed by atoms with Crippen LogP contribution in [0.3, 0.4) is 0 Å². The van der Waals surface area contributed by atoms with Crippen LogP contribution in [0.5, 0.6) is 0 Å². The molecule has 0 amide bonds. The molecule has 0 saturated carbocycles. The summed E-state index contributed by atoms with van der Waals surface area (Å²) in [5.74, 6) is 0.221. The van der Waals surface area contributed by atoms with Crippen LogP contribution in [-0.2, 0) is 7.05 Å². The second-order valence-electron chi connectivity index (χ2n) is 4.27. The number of halogens is 2. The van der Waals surface area contributed by atoms with Crippen molar-refractivity contribution in [1.82, 2.24) is 9.78 Å². The van der Waals surface area contributed by atoms with Crippen LogP contribution in [0.1, 0.15) is 0 Å². The first-order chi connectivity index (χ1) is 9.10. The molecule has 2 rings (SSSR count). The largest absolute Gasteiger partial charge is 0.390 e. The number of hydrogen-bond donors (Lipinski definition) is 2. The van der Waals surface area contributed by atoms with E-state index in [1.54, 1.807) is 4.68 Å². The van der Waals surface area contributed by atoms with E-state index in [2.05, 4.69) is 26.3 Å². The van der Waals surface area contributed by atoms with E-state index in [1.807, 2.05) is 37.5 Å². The second-order valence-corrected chi connectivity index (χ2v) is 5.43. The first-order valence-electron chi connectivity index (χ1n) is 5.87. The highest BCUT2D eigenvalue weighted by Gasteiger charge is 2.08. The predicted molar refractivity (Wildman–Crippen MR) is 81.6 cm³/mol. The third-order valence-electron chi connectivity index (χ3n) is 2.64. The highest BCUT2D eigenvalue weighted by atomic mass is 79.9. The Hall–Kier alpha value is -1.04. The molecule has 19 heavy (non-hydrogen) atoms. The predicted octanol–water partition coefficient (Wildman–Crippen LogP) is 2.86. The highest BCUT2D eigenvalue weighted by molar-refractivity contribution is 9.10. The van der Waals surface area contributed by atoms with E-state index < -0.39 is 6.10 Å². The lowest BCUT2D eigenvalue weighted by Gasteiger charge is -2.10. The summed E-state index contributed by atoms with van der Waals surface area (Å²) in [5, 5.41) is 17.0. The number of rotatable bonds is 5. The lowest BCUT2D eigenvalue weighted by atomic mass is 10.1. The minimum absolute atomic E-state index is 0.221. The first kappa shape index (κ1) is 14.4. The Morgan fingerprint density at radius 3 is 2.95 bits per heavy atom. The molecule has 0 aliphatic rings. The van der Waals surface area contributed by atoms with E-state index in [1.165, 1.54) is 0 Å². The average molecular weight is 345 g/mol. The van der Waals surface area contributed by atoms with Gasteiger partial charge < -0.3 is 10.4 Å². The molecule has 2 N–H and O–H groups in total. The number of anilines is 1. The molecule has 1 aromatic carbocycles. The van der Waals surface area contributed by atoms with Crippen LogP contribution < -0.4 is 5.32 Å². The standard InChI is InChI=1S/C13H15BrClN3O/c1-18-8-12(14)13(17-18)9-3-2-4-10(5-9)16-7-11(19)6-15/h2-5,8,11,16,19H,6-7H2,1H3. The Bertz CT molecular complexity index is 559. The summed E-state index contributed by atoms with van der Waals surface area (Å²) in [7, 11) is 1.88. The monoisotopic (exact) mass is 343 g/mol. The molecule has 2 aromatic rings. The van der Waals surface area contributed by atoms with Crippen molar-refractivity contribution in [2.24, 2.45) is 7.05 Å². The molecule has 1 aromatic heterocycles. The van der Waals surface area contributed by atoms with Crippen LogP contribution in [0.15, 0.2) is 34.9 Å². The number of aliphatic hydroxyl groups is 1. The lowest BCUT2D eigenvalue weighted by Crippen LogP contribution is -2.20. The number of aromatic nitrogens is 2. The molecular weight excluding hydrogens is 330 g/mol. The lowest BCUT2D eigenvalue weighted by molar-refractivity contribution is 0.211. The van der Waals surface area contributed by atoms with Gasteiger partial charge in [0.1, 0.15) is 5.69 Å². The van der Waals surface area contributed by atoms with Crippen molar-refractivity contribution >= 4 is 33.2 Å². The van der Waals surface area contributed by atoms with Gasteiger partial charge in [-0.1, -0.05) is 12.1 Å². The molecule has 0 spiro atoms. The second kappa shape index (κ2) is 6.41. The Kier molecular flexibility index (Phi) is 4.85. The molecule has 0 aliphatic carbocycles. The van der Waals surface area contributed by atoms with Crippen LogP contribution in [-0.4, -0.2) is 33.4 Å². The molecule has 1 atom stereocenters. The van der Waals surface area contributed by atoms with Gasteiger partial charge in [0.25, 0.3) is 0 Å². The van der Waals surface area contributed by atoms with Gasteiger partial charge in [-0.05, 0) is 28.1 Å². The van der Waals surface area contributed by atoms with Crippen molar-refractivity contribution in [1.29, 1.82) is 0 Å². The van der Waals surface area contributed by atoms with E-state index in [9.17, 15) is 5.11 Å². The van der Waals surface area contributed by atoms with Gasteiger partial charge in [0, 0.05) is 31.0 Å².